The summed E-state index contributed by atoms with van der Waals surface area (Å²) in [6.07, 6.45) is 0.497. The lowest BCUT2D eigenvalue weighted by molar-refractivity contribution is 0.601. The van der Waals surface area contributed by atoms with Crippen LogP contribution >= 0.6 is 11.6 Å². The Hall–Kier alpha value is -1.00. The van der Waals surface area contributed by atoms with Gasteiger partial charge in [-0.2, -0.15) is 0 Å². The normalized spacial score (nSPS) is 11.1. The van der Waals surface area contributed by atoms with Crippen LogP contribution in [0.4, 0.5) is 5.69 Å². The van der Waals surface area contributed by atoms with Crippen molar-refractivity contribution in [2.45, 2.75) is 6.42 Å². The van der Waals surface area contributed by atoms with E-state index in [2.05, 4.69) is 11.9 Å². The molecule has 3 nitrogen and oxygen atoms in total. The minimum Gasteiger partial charge on any atom is -0.285 e. The fraction of sp³-hybridized carbons (Fsp3) is 0.273. The molecule has 0 bridgehead atoms. The molecule has 0 atom stereocenters. The second-order valence-corrected chi connectivity index (χ2v) is 5.75. The molecular formula is C11H13ClNO2S. The van der Waals surface area contributed by atoms with Crippen LogP contribution in [-0.4, -0.2) is 20.7 Å². The van der Waals surface area contributed by atoms with Gasteiger partial charge in [0.15, 0.2) is 9.84 Å². The summed E-state index contributed by atoms with van der Waals surface area (Å²) in [5.41, 5.74) is 0.806. The van der Waals surface area contributed by atoms with E-state index in [1.54, 1.807) is 24.3 Å². The molecule has 0 heterocycles. The molecule has 0 aliphatic carbocycles. The van der Waals surface area contributed by atoms with E-state index in [0.29, 0.717) is 18.0 Å². The molecule has 87 valence electrons. The summed E-state index contributed by atoms with van der Waals surface area (Å²) in [7, 11) is -3.10. The molecule has 0 aliphatic rings. The van der Waals surface area contributed by atoms with Gasteiger partial charge in [-0.3, -0.25) is 5.32 Å². The maximum absolute atomic E-state index is 11.1. The Balaban J connectivity index is 2.31. The van der Waals surface area contributed by atoms with Crippen molar-refractivity contribution in [3.05, 3.63) is 41.3 Å². The molecule has 1 aromatic carbocycles. The van der Waals surface area contributed by atoms with Gasteiger partial charge >= 0.3 is 0 Å². The number of hydrogen-bond donors (Lipinski definition) is 0. The van der Waals surface area contributed by atoms with Crippen molar-refractivity contribution in [2.24, 2.45) is 0 Å². The zero-order chi connectivity index (χ0) is 12.0. The molecule has 0 spiro atoms. The summed E-state index contributed by atoms with van der Waals surface area (Å²) >= 11 is 5.72. The van der Waals surface area contributed by atoms with E-state index in [1.165, 1.54) is 0 Å². The van der Waals surface area contributed by atoms with Crippen LogP contribution in [-0.2, 0) is 9.84 Å². The largest absolute Gasteiger partial charge is 0.285 e. The average molecular weight is 259 g/mol. The maximum Gasteiger partial charge on any atom is 0.171 e. The zero-order valence-corrected chi connectivity index (χ0v) is 10.3. The quantitative estimate of drug-likeness (QED) is 0.736. The van der Waals surface area contributed by atoms with Crippen molar-refractivity contribution >= 4 is 27.1 Å². The van der Waals surface area contributed by atoms with Crippen LogP contribution in [0.3, 0.4) is 0 Å². The third kappa shape index (κ3) is 4.68. The van der Waals surface area contributed by atoms with Gasteiger partial charge in [-0.05, 0) is 30.7 Å². The highest BCUT2D eigenvalue weighted by Crippen LogP contribution is 2.13. The molecule has 0 aromatic heterocycles. The van der Waals surface area contributed by atoms with Crippen LogP contribution in [0.15, 0.2) is 36.3 Å². The summed E-state index contributed by atoms with van der Waals surface area (Å²) in [5, 5.41) is 5.87. The molecule has 1 radical (unpaired) electrons. The Labute approximate surface area is 101 Å². The first-order chi connectivity index (χ1) is 7.53. The van der Waals surface area contributed by atoms with Gasteiger partial charge in [-0.1, -0.05) is 18.2 Å². The standard InChI is InChI=1S/C11H13ClNO2S/c1-2-16(14,15)9-3-8-13-11-6-4-10(12)5-7-11/h2,4-7H,1,3,8-9H2. The Bertz CT molecular complexity index is 440. The van der Waals surface area contributed by atoms with Gasteiger partial charge < -0.3 is 0 Å². The maximum atomic E-state index is 11.1. The van der Waals surface area contributed by atoms with Crippen molar-refractivity contribution in [3.8, 4) is 0 Å². The summed E-state index contributed by atoms with van der Waals surface area (Å²) in [6, 6.07) is 7.09. The fourth-order valence-electron chi connectivity index (χ4n) is 1.10. The van der Waals surface area contributed by atoms with E-state index in [1.807, 2.05) is 0 Å². The number of sulfone groups is 1. The van der Waals surface area contributed by atoms with Crippen molar-refractivity contribution in [1.82, 2.24) is 5.32 Å². The Morgan fingerprint density at radius 3 is 2.50 bits per heavy atom. The van der Waals surface area contributed by atoms with Crippen molar-refractivity contribution in [2.75, 3.05) is 12.3 Å². The fourth-order valence-corrected chi connectivity index (χ4v) is 1.93. The SMILES string of the molecule is C=CS(=O)(=O)CCC[N]c1ccc(Cl)cc1. The third-order valence-corrected chi connectivity index (χ3v) is 3.58. The summed E-state index contributed by atoms with van der Waals surface area (Å²) < 4.78 is 22.2. The third-order valence-electron chi connectivity index (χ3n) is 1.96. The first-order valence-corrected chi connectivity index (χ1v) is 6.91. The van der Waals surface area contributed by atoms with Gasteiger partial charge in [0.25, 0.3) is 0 Å². The van der Waals surface area contributed by atoms with Gasteiger partial charge in [0.1, 0.15) is 0 Å². The van der Waals surface area contributed by atoms with Gasteiger partial charge in [-0.25, -0.2) is 8.42 Å². The number of halogens is 1. The highest BCUT2D eigenvalue weighted by molar-refractivity contribution is 7.94. The van der Waals surface area contributed by atoms with Crippen LogP contribution in [0.1, 0.15) is 6.42 Å². The zero-order valence-electron chi connectivity index (χ0n) is 8.77. The highest BCUT2D eigenvalue weighted by atomic mass is 35.5. The lowest BCUT2D eigenvalue weighted by Crippen LogP contribution is -2.08. The molecule has 1 rings (SSSR count). The Kier molecular flexibility index (Phi) is 4.83. The van der Waals surface area contributed by atoms with E-state index in [9.17, 15) is 8.42 Å². The van der Waals surface area contributed by atoms with Crippen LogP contribution in [0, 0.1) is 0 Å². The number of hydrogen-bond acceptors (Lipinski definition) is 2. The summed E-state index contributed by atoms with van der Waals surface area (Å²) in [4.78, 5) is 0. The predicted octanol–water partition coefficient (Wildman–Crippen LogP) is 2.52. The first kappa shape index (κ1) is 13.1. The molecule has 0 saturated carbocycles. The Morgan fingerprint density at radius 2 is 1.94 bits per heavy atom. The van der Waals surface area contributed by atoms with E-state index in [4.69, 9.17) is 11.6 Å². The van der Waals surface area contributed by atoms with Crippen molar-refractivity contribution in [3.63, 3.8) is 0 Å². The van der Waals surface area contributed by atoms with E-state index >= 15 is 0 Å². The lowest BCUT2D eigenvalue weighted by atomic mass is 10.3. The summed E-state index contributed by atoms with van der Waals surface area (Å²) in [5.74, 6) is 0.0909. The monoisotopic (exact) mass is 258 g/mol. The smallest absolute Gasteiger partial charge is 0.171 e. The van der Waals surface area contributed by atoms with Gasteiger partial charge in [0.2, 0.25) is 0 Å². The molecular weight excluding hydrogens is 246 g/mol. The Morgan fingerprint density at radius 1 is 1.31 bits per heavy atom. The molecule has 5 heteroatoms. The predicted molar refractivity (Wildman–Crippen MR) is 66.7 cm³/mol. The topological polar surface area (TPSA) is 48.2 Å². The second-order valence-electron chi connectivity index (χ2n) is 3.25. The van der Waals surface area contributed by atoms with Crippen LogP contribution < -0.4 is 5.32 Å². The first-order valence-electron chi connectivity index (χ1n) is 4.82. The average Bonchev–Trinajstić information content (AvgIpc) is 2.27. The lowest BCUT2D eigenvalue weighted by Gasteiger charge is -2.02. The minimum atomic E-state index is -3.10. The molecule has 0 aliphatic heterocycles. The van der Waals surface area contributed by atoms with Crippen LogP contribution in [0.25, 0.3) is 0 Å². The molecule has 0 N–H and O–H groups in total. The van der Waals surface area contributed by atoms with Gasteiger partial charge in [0.05, 0.1) is 11.4 Å². The summed E-state index contributed by atoms with van der Waals surface area (Å²) in [6.45, 7) is 3.73. The van der Waals surface area contributed by atoms with E-state index in [-0.39, 0.29) is 5.75 Å². The minimum absolute atomic E-state index is 0.0909. The highest BCUT2D eigenvalue weighted by Gasteiger charge is 2.04. The van der Waals surface area contributed by atoms with Crippen molar-refractivity contribution in [1.29, 1.82) is 0 Å². The van der Waals surface area contributed by atoms with E-state index < -0.39 is 9.84 Å². The van der Waals surface area contributed by atoms with Gasteiger partial charge in [0, 0.05) is 17.0 Å². The molecule has 0 amide bonds. The van der Waals surface area contributed by atoms with Crippen LogP contribution in [0.5, 0.6) is 0 Å². The van der Waals surface area contributed by atoms with Crippen LogP contribution in [0.2, 0.25) is 5.02 Å². The second kappa shape index (κ2) is 5.92. The molecule has 0 saturated heterocycles. The molecule has 0 fully saturated rings. The number of rotatable bonds is 6. The number of nitrogens with zero attached hydrogens (tertiary/aromatic N) is 1. The van der Waals surface area contributed by atoms with E-state index in [0.717, 1.165) is 11.1 Å². The van der Waals surface area contributed by atoms with Gasteiger partial charge in [-0.15, -0.1) is 0 Å². The molecule has 1 aromatic rings. The number of benzene rings is 1. The molecule has 0 unspecified atom stereocenters. The van der Waals surface area contributed by atoms with Crippen molar-refractivity contribution < 1.29 is 8.42 Å². The molecule has 16 heavy (non-hydrogen) atoms.